The van der Waals surface area contributed by atoms with E-state index in [2.05, 4.69) is 19.9 Å². The number of hydrogen-bond donors (Lipinski definition) is 0. The molecule has 3 nitrogen and oxygen atoms in total. The predicted molar refractivity (Wildman–Crippen MR) is 71.3 cm³/mol. The Kier molecular flexibility index (Phi) is 2.90. The lowest BCUT2D eigenvalue weighted by atomic mass is 10.0. The van der Waals surface area contributed by atoms with Crippen LogP contribution in [0.1, 0.15) is 29.5 Å². The second-order valence-corrected chi connectivity index (χ2v) is 5.21. The van der Waals surface area contributed by atoms with Crippen molar-refractivity contribution in [1.82, 2.24) is 0 Å². The quantitative estimate of drug-likeness (QED) is 0.800. The molecule has 1 aliphatic carbocycles. The summed E-state index contributed by atoms with van der Waals surface area (Å²) in [5.41, 5.74) is 3.69. The summed E-state index contributed by atoms with van der Waals surface area (Å²) in [6, 6.07) is 6.14. The number of anilines is 1. The molecule has 3 heteroatoms. The fourth-order valence-corrected chi connectivity index (χ4v) is 2.23. The lowest BCUT2D eigenvalue weighted by molar-refractivity contribution is -0.121. The van der Waals surface area contributed by atoms with Crippen molar-refractivity contribution in [3.63, 3.8) is 0 Å². The Morgan fingerprint density at radius 3 is 2.39 bits per heavy atom. The summed E-state index contributed by atoms with van der Waals surface area (Å²) >= 11 is 0. The van der Waals surface area contributed by atoms with Crippen LogP contribution in [0.15, 0.2) is 12.1 Å². The SMILES string of the molecule is Cc1ccc(N(C)C(=O)C2(C#N)CC2)c(C)c1C. The molecule has 1 amide bonds. The maximum atomic E-state index is 12.3. The molecule has 1 aromatic rings. The molecule has 1 aliphatic rings. The zero-order valence-corrected chi connectivity index (χ0v) is 11.4. The molecule has 0 N–H and O–H groups in total. The summed E-state index contributed by atoms with van der Waals surface area (Å²) < 4.78 is 0. The number of rotatable bonds is 2. The van der Waals surface area contributed by atoms with Crippen LogP contribution in [-0.2, 0) is 4.79 Å². The molecule has 0 heterocycles. The molecule has 0 saturated heterocycles. The van der Waals surface area contributed by atoms with Crippen LogP contribution in [0.5, 0.6) is 0 Å². The van der Waals surface area contributed by atoms with Crippen LogP contribution in [0.2, 0.25) is 0 Å². The van der Waals surface area contributed by atoms with Gasteiger partial charge >= 0.3 is 0 Å². The van der Waals surface area contributed by atoms with Crippen molar-refractivity contribution in [2.75, 3.05) is 11.9 Å². The number of benzene rings is 1. The molecular formula is C15H18N2O. The summed E-state index contributed by atoms with van der Waals surface area (Å²) in [5.74, 6) is -0.0728. The van der Waals surface area contributed by atoms with E-state index in [0.717, 1.165) is 11.3 Å². The number of nitrogens with zero attached hydrogens (tertiary/aromatic N) is 2. The highest BCUT2D eigenvalue weighted by Gasteiger charge is 2.52. The van der Waals surface area contributed by atoms with E-state index >= 15 is 0 Å². The van der Waals surface area contributed by atoms with Crippen molar-refractivity contribution >= 4 is 11.6 Å². The van der Waals surface area contributed by atoms with Gasteiger partial charge in [-0.1, -0.05) is 6.07 Å². The van der Waals surface area contributed by atoms with Crippen LogP contribution in [0.4, 0.5) is 5.69 Å². The average Bonchev–Trinajstić information content (AvgIpc) is 3.15. The van der Waals surface area contributed by atoms with Gasteiger partial charge in [-0.3, -0.25) is 4.79 Å². The van der Waals surface area contributed by atoms with Crippen molar-refractivity contribution in [3.05, 3.63) is 28.8 Å². The second kappa shape index (κ2) is 4.13. The zero-order valence-electron chi connectivity index (χ0n) is 11.4. The van der Waals surface area contributed by atoms with Crippen LogP contribution in [0.3, 0.4) is 0 Å². The van der Waals surface area contributed by atoms with Gasteiger partial charge in [0.05, 0.1) is 6.07 Å². The summed E-state index contributed by atoms with van der Waals surface area (Å²) in [6.45, 7) is 6.14. The van der Waals surface area contributed by atoms with Gasteiger partial charge in [-0.25, -0.2) is 0 Å². The number of nitriles is 1. The van der Waals surface area contributed by atoms with Crippen LogP contribution < -0.4 is 4.90 Å². The summed E-state index contributed by atoms with van der Waals surface area (Å²) in [4.78, 5) is 13.9. The Bertz CT molecular complexity index is 550. The molecule has 0 unspecified atom stereocenters. The van der Waals surface area contributed by atoms with E-state index in [-0.39, 0.29) is 5.91 Å². The molecule has 94 valence electrons. The molecule has 0 spiro atoms. The van der Waals surface area contributed by atoms with E-state index in [1.807, 2.05) is 19.1 Å². The van der Waals surface area contributed by atoms with Crippen LogP contribution in [-0.4, -0.2) is 13.0 Å². The largest absolute Gasteiger partial charge is 0.314 e. The molecule has 1 fully saturated rings. The molecule has 0 aliphatic heterocycles. The van der Waals surface area contributed by atoms with Gasteiger partial charge in [0.2, 0.25) is 5.91 Å². The van der Waals surface area contributed by atoms with Gasteiger partial charge in [-0.15, -0.1) is 0 Å². The van der Waals surface area contributed by atoms with Gasteiger partial charge < -0.3 is 4.90 Å². The topological polar surface area (TPSA) is 44.1 Å². The first-order chi connectivity index (χ1) is 8.43. The predicted octanol–water partition coefficient (Wildman–Crippen LogP) is 2.88. The van der Waals surface area contributed by atoms with Gasteiger partial charge in [0, 0.05) is 12.7 Å². The molecule has 1 saturated carbocycles. The molecule has 0 radical (unpaired) electrons. The van der Waals surface area contributed by atoms with Gasteiger partial charge in [-0.05, 0) is 56.4 Å². The smallest absolute Gasteiger partial charge is 0.247 e. The fraction of sp³-hybridized carbons (Fsp3) is 0.467. The number of hydrogen-bond acceptors (Lipinski definition) is 2. The van der Waals surface area contributed by atoms with E-state index in [9.17, 15) is 4.79 Å². The van der Waals surface area contributed by atoms with E-state index in [4.69, 9.17) is 5.26 Å². The number of aryl methyl sites for hydroxylation is 1. The normalized spacial score (nSPS) is 15.9. The van der Waals surface area contributed by atoms with Crippen molar-refractivity contribution in [2.24, 2.45) is 5.41 Å². The van der Waals surface area contributed by atoms with Crippen LogP contribution in [0.25, 0.3) is 0 Å². The highest BCUT2D eigenvalue weighted by Crippen LogP contribution is 2.47. The molecule has 0 atom stereocenters. The van der Waals surface area contributed by atoms with Gasteiger partial charge in [0.15, 0.2) is 0 Å². The summed E-state index contributed by atoms with van der Waals surface area (Å²) in [6.07, 6.45) is 1.38. The summed E-state index contributed by atoms with van der Waals surface area (Å²) in [7, 11) is 1.76. The lowest BCUT2D eigenvalue weighted by Gasteiger charge is -2.23. The molecule has 18 heavy (non-hydrogen) atoms. The Labute approximate surface area is 108 Å². The van der Waals surface area contributed by atoms with E-state index in [1.54, 1.807) is 11.9 Å². The van der Waals surface area contributed by atoms with Crippen LogP contribution >= 0.6 is 0 Å². The maximum Gasteiger partial charge on any atom is 0.247 e. The standard InChI is InChI=1S/C15H18N2O/c1-10-5-6-13(12(3)11(10)2)17(4)14(18)15(9-16)7-8-15/h5-6H,7-8H2,1-4H3. The zero-order chi connectivity index (χ0) is 13.5. The highest BCUT2D eigenvalue weighted by atomic mass is 16.2. The second-order valence-electron chi connectivity index (χ2n) is 5.21. The van der Waals surface area contributed by atoms with Crippen LogP contribution in [0, 0.1) is 37.5 Å². The van der Waals surface area contributed by atoms with Crippen molar-refractivity contribution in [1.29, 1.82) is 5.26 Å². The highest BCUT2D eigenvalue weighted by molar-refractivity contribution is 6.01. The fourth-order valence-electron chi connectivity index (χ4n) is 2.23. The minimum Gasteiger partial charge on any atom is -0.314 e. The molecular weight excluding hydrogens is 224 g/mol. The molecule has 2 rings (SSSR count). The Hall–Kier alpha value is -1.82. The third kappa shape index (κ3) is 1.78. The number of amides is 1. The van der Waals surface area contributed by atoms with Gasteiger partial charge in [0.1, 0.15) is 5.41 Å². The first-order valence-corrected chi connectivity index (χ1v) is 6.19. The van der Waals surface area contributed by atoms with E-state index in [0.29, 0.717) is 12.8 Å². The minimum atomic E-state index is -0.750. The first-order valence-electron chi connectivity index (χ1n) is 6.19. The van der Waals surface area contributed by atoms with Crippen molar-refractivity contribution in [2.45, 2.75) is 33.6 Å². The Morgan fingerprint density at radius 1 is 1.28 bits per heavy atom. The number of carbonyl (C=O) groups is 1. The lowest BCUT2D eigenvalue weighted by Crippen LogP contribution is -2.34. The summed E-state index contributed by atoms with van der Waals surface area (Å²) in [5, 5.41) is 9.09. The van der Waals surface area contributed by atoms with E-state index in [1.165, 1.54) is 11.1 Å². The number of carbonyl (C=O) groups excluding carboxylic acids is 1. The maximum absolute atomic E-state index is 12.3. The molecule has 0 aromatic heterocycles. The molecule has 0 bridgehead atoms. The van der Waals surface area contributed by atoms with Gasteiger partial charge in [-0.2, -0.15) is 5.26 Å². The molecule has 1 aromatic carbocycles. The van der Waals surface area contributed by atoms with Crippen molar-refractivity contribution < 1.29 is 4.79 Å². The third-order valence-electron chi connectivity index (χ3n) is 4.07. The van der Waals surface area contributed by atoms with Crippen molar-refractivity contribution in [3.8, 4) is 6.07 Å². The average molecular weight is 242 g/mol. The van der Waals surface area contributed by atoms with Gasteiger partial charge in [0.25, 0.3) is 0 Å². The van der Waals surface area contributed by atoms with E-state index < -0.39 is 5.41 Å². The third-order valence-corrected chi connectivity index (χ3v) is 4.07. The Balaban J connectivity index is 2.36. The minimum absolute atomic E-state index is 0.0728. The monoisotopic (exact) mass is 242 g/mol. The first kappa shape index (κ1) is 12.6. The Morgan fingerprint density at radius 2 is 1.89 bits per heavy atom.